The monoisotopic (exact) mass is 343 g/mol. The maximum atomic E-state index is 12.8. The molecule has 4 nitrogen and oxygen atoms in total. The van der Waals surface area contributed by atoms with Gasteiger partial charge in [0.2, 0.25) is 5.91 Å². The third-order valence-electron chi connectivity index (χ3n) is 3.82. The maximum Gasteiger partial charge on any atom is 0.230 e. The summed E-state index contributed by atoms with van der Waals surface area (Å²) in [7, 11) is 0. The van der Waals surface area contributed by atoms with Crippen LogP contribution in [0.3, 0.4) is 0 Å². The van der Waals surface area contributed by atoms with Gasteiger partial charge in [-0.2, -0.15) is 5.26 Å². The van der Waals surface area contributed by atoms with Gasteiger partial charge in [-0.3, -0.25) is 4.79 Å². The number of pyridine rings is 1. The zero-order valence-corrected chi connectivity index (χ0v) is 14.6. The van der Waals surface area contributed by atoms with Crippen LogP contribution in [0.5, 0.6) is 0 Å². The number of nitriles is 1. The van der Waals surface area contributed by atoms with Crippen LogP contribution in [0.2, 0.25) is 0 Å². The second-order valence-electron chi connectivity index (χ2n) is 5.43. The molecule has 1 amide bonds. The first kappa shape index (κ1) is 18.0. The number of hydrogen-bond acceptors (Lipinski definition) is 4. The number of carbonyl (C=O) groups excluding carboxylic acids is 1. The fraction of sp³-hybridized carbons (Fsp3) is 0.278. The summed E-state index contributed by atoms with van der Waals surface area (Å²) in [6.07, 6.45) is 0. The van der Waals surface area contributed by atoms with Crippen molar-refractivity contribution < 1.29 is 9.18 Å². The molecule has 6 heteroatoms. The van der Waals surface area contributed by atoms with E-state index < -0.39 is 0 Å². The average Bonchev–Trinajstić information content (AvgIpc) is 2.57. The number of benzene rings is 1. The molecule has 0 saturated heterocycles. The molecular formula is C18H18FN3OS. The van der Waals surface area contributed by atoms with Gasteiger partial charge in [0, 0.05) is 12.2 Å². The van der Waals surface area contributed by atoms with Crippen LogP contribution in [0.4, 0.5) is 4.39 Å². The summed E-state index contributed by atoms with van der Waals surface area (Å²) in [6.45, 7) is 6.05. The topological polar surface area (TPSA) is 65.8 Å². The second-order valence-corrected chi connectivity index (χ2v) is 6.40. The van der Waals surface area contributed by atoms with Gasteiger partial charge in [-0.15, -0.1) is 0 Å². The Balaban J connectivity index is 1.97. The van der Waals surface area contributed by atoms with Crippen molar-refractivity contribution in [2.75, 3.05) is 5.75 Å². The molecule has 1 N–H and O–H groups in total. The number of rotatable bonds is 5. The lowest BCUT2D eigenvalue weighted by molar-refractivity contribution is -0.118. The van der Waals surface area contributed by atoms with Crippen LogP contribution >= 0.6 is 11.8 Å². The highest BCUT2D eigenvalue weighted by Gasteiger charge is 2.14. The molecule has 0 unspecified atom stereocenters. The second kappa shape index (κ2) is 7.93. The standard InChI is InChI=1S/C18H18FN3OS/c1-11-12(2)16(8-20)18(22-13(11)3)24-10-17(23)21-9-14-4-6-15(19)7-5-14/h4-7H,9-10H2,1-3H3,(H,21,23). The molecule has 24 heavy (non-hydrogen) atoms. The third kappa shape index (κ3) is 4.33. The lowest BCUT2D eigenvalue weighted by Gasteiger charge is -2.11. The number of carbonyl (C=O) groups is 1. The third-order valence-corrected chi connectivity index (χ3v) is 4.79. The molecule has 0 spiro atoms. The van der Waals surface area contributed by atoms with E-state index in [2.05, 4.69) is 16.4 Å². The Morgan fingerprint density at radius 2 is 1.92 bits per heavy atom. The molecule has 0 aliphatic rings. The highest BCUT2D eigenvalue weighted by atomic mass is 32.2. The highest BCUT2D eigenvalue weighted by molar-refractivity contribution is 8.00. The molecule has 1 aromatic heterocycles. The van der Waals surface area contributed by atoms with Gasteiger partial charge in [-0.1, -0.05) is 23.9 Å². The van der Waals surface area contributed by atoms with Crippen molar-refractivity contribution in [2.24, 2.45) is 0 Å². The smallest absolute Gasteiger partial charge is 0.230 e. The van der Waals surface area contributed by atoms with Crippen LogP contribution in [0.15, 0.2) is 29.3 Å². The van der Waals surface area contributed by atoms with Crippen molar-refractivity contribution in [2.45, 2.75) is 32.3 Å². The molecule has 2 aromatic rings. The van der Waals surface area contributed by atoms with E-state index in [9.17, 15) is 14.4 Å². The first-order chi connectivity index (χ1) is 11.4. The predicted molar refractivity (Wildman–Crippen MR) is 92.1 cm³/mol. The lowest BCUT2D eigenvalue weighted by atomic mass is 10.1. The minimum atomic E-state index is -0.305. The largest absolute Gasteiger partial charge is 0.351 e. The molecule has 0 aliphatic carbocycles. The predicted octanol–water partition coefficient (Wildman–Crippen LogP) is 3.43. The first-order valence-electron chi connectivity index (χ1n) is 7.44. The fourth-order valence-electron chi connectivity index (χ4n) is 2.14. The number of hydrogen-bond donors (Lipinski definition) is 1. The van der Waals surface area contributed by atoms with Gasteiger partial charge in [-0.25, -0.2) is 9.37 Å². The molecule has 124 valence electrons. The number of nitrogens with zero attached hydrogens (tertiary/aromatic N) is 2. The van der Waals surface area contributed by atoms with Crippen molar-refractivity contribution >= 4 is 17.7 Å². The van der Waals surface area contributed by atoms with E-state index in [-0.39, 0.29) is 17.5 Å². The lowest BCUT2D eigenvalue weighted by Crippen LogP contribution is -2.24. The van der Waals surface area contributed by atoms with Crippen LogP contribution < -0.4 is 5.32 Å². The van der Waals surface area contributed by atoms with Gasteiger partial charge in [-0.05, 0) is 49.6 Å². The Hall–Kier alpha value is -2.39. The van der Waals surface area contributed by atoms with Gasteiger partial charge in [0.15, 0.2) is 0 Å². The Labute approximate surface area is 145 Å². The van der Waals surface area contributed by atoms with Gasteiger partial charge < -0.3 is 5.32 Å². The van der Waals surface area contributed by atoms with E-state index in [0.29, 0.717) is 17.1 Å². The highest BCUT2D eigenvalue weighted by Crippen LogP contribution is 2.26. The summed E-state index contributed by atoms with van der Waals surface area (Å²) in [5, 5.41) is 12.7. The number of amides is 1. The van der Waals surface area contributed by atoms with Crippen molar-refractivity contribution in [1.82, 2.24) is 10.3 Å². The molecule has 0 aliphatic heterocycles. The molecule has 0 bridgehead atoms. The zero-order valence-electron chi connectivity index (χ0n) is 13.8. The van der Waals surface area contributed by atoms with Crippen molar-refractivity contribution in [3.05, 3.63) is 58.0 Å². The normalized spacial score (nSPS) is 10.3. The number of halogens is 1. The molecule has 0 atom stereocenters. The molecule has 1 aromatic carbocycles. The van der Waals surface area contributed by atoms with Crippen LogP contribution in [0.25, 0.3) is 0 Å². The van der Waals surface area contributed by atoms with Crippen molar-refractivity contribution in [3.8, 4) is 6.07 Å². The quantitative estimate of drug-likeness (QED) is 0.845. The van der Waals surface area contributed by atoms with E-state index in [1.807, 2.05) is 20.8 Å². The summed E-state index contributed by atoms with van der Waals surface area (Å²) in [6, 6.07) is 8.14. The number of aromatic nitrogens is 1. The van der Waals surface area contributed by atoms with Crippen LogP contribution in [-0.4, -0.2) is 16.6 Å². The van der Waals surface area contributed by atoms with E-state index in [4.69, 9.17) is 0 Å². The molecule has 0 saturated carbocycles. The SMILES string of the molecule is Cc1nc(SCC(=O)NCc2ccc(F)cc2)c(C#N)c(C)c1C. The van der Waals surface area contributed by atoms with Gasteiger partial charge >= 0.3 is 0 Å². The zero-order chi connectivity index (χ0) is 17.7. The number of nitrogens with one attached hydrogen (secondary N) is 1. The summed E-state index contributed by atoms with van der Waals surface area (Å²) in [5.41, 5.74) is 4.11. The van der Waals surface area contributed by atoms with Gasteiger partial charge in [0.1, 0.15) is 16.9 Å². The van der Waals surface area contributed by atoms with E-state index >= 15 is 0 Å². The van der Waals surface area contributed by atoms with E-state index in [0.717, 1.165) is 22.4 Å². The molecule has 1 heterocycles. The summed E-state index contributed by atoms with van der Waals surface area (Å²) in [5.74, 6) is -0.295. The number of aryl methyl sites for hydroxylation is 1. The Kier molecular flexibility index (Phi) is 5.93. The van der Waals surface area contributed by atoms with E-state index in [1.54, 1.807) is 12.1 Å². The molecule has 2 rings (SSSR count). The molecular weight excluding hydrogens is 325 g/mol. The number of thioether (sulfide) groups is 1. The molecule has 0 radical (unpaired) electrons. The Morgan fingerprint density at radius 1 is 1.25 bits per heavy atom. The minimum absolute atomic E-state index is 0.161. The average molecular weight is 343 g/mol. The minimum Gasteiger partial charge on any atom is -0.351 e. The first-order valence-corrected chi connectivity index (χ1v) is 8.42. The van der Waals surface area contributed by atoms with Gasteiger partial charge in [0.25, 0.3) is 0 Å². The van der Waals surface area contributed by atoms with Crippen LogP contribution in [0, 0.1) is 37.9 Å². The Bertz CT molecular complexity index is 797. The van der Waals surface area contributed by atoms with Crippen molar-refractivity contribution in [1.29, 1.82) is 5.26 Å². The Morgan fingerprint density at radius 3 is 2.54 bits per heavy atom. The maximum absolute atomic E-state index is 12.8. The summed E-state index contributed by atoms with van der Waals surface area (Å²) < 4.78 is 12.8. The summed E-state index contributed by atoms with van der Waals surface area (Å²) >= 11 is 1.25. The van der Waals surface area contributed by atoms with E-state index in [1.165, 1.54) is 23.9 Å². The van der Waals surface area contributed by atoms with Crippen LogP contribution in [-0.2, 0) is 11.3 Å². The van der Waals surface area contributed by atoms with Gasteiger partial charge in [0.05, 0.1) is 11.3 Å². The fourth-order valence-corrected chi connectivity index (χ4v) is 3.05. The summed E-state index contributed by atoms with van der Waals surface area (Å²) in [4.78, 5) is 16.4. The molecule has 0 fully saturated rings. The van der Waals surface area contributed by atoms with Crippen molar-refractivity contribution in [3.63, 3.8) is 0 Å². The van der Waals surface area contributed by atoms with Crippen LogP contribution in [0.1, 0.15) is 27.9 Å².